The first-order chi connectivity index (χ1) is 8.57. The lowest BCUT2D eigenvalue weighted by Crippen LogP contribution is -2.08. The van der Waals surface area contributed by atoms with Gasteiger partial charge in [0.1, 0.15) is 0 Å². The van der Waals surface area contributed by atoms with Crippen LogP contribution in [0.1, 0.15) is 5.56 Å². The summed E-state index contributed by atoms with van der Waals surface area (Å²) in [4.78, 5) is 0.357. The molecule has 3 nitrogen and oxygen atoms in total. The third kappa shape index (κ3) is 3.34. The monoisotopic (exact) mass is 281 g/mol. The number of sulfone groups is 1. The van der Waals surface area contributed by atoms with Crippen LogP contribution in [0, 0.1) is 0 Å². The van der Waals surface area contributed by atoms with Crippen LogP contribution in [-0.2, 0) is 16.3 Å². The van der Waals surface area contributed by atoms with Crippen molar-refractivity contribution < 1.29 is 8.42 Å². The van der Waals surface area contributed by atoms with Crippen molar-refractivity contribution in [1.82, 2.24) is 0 Å². The van der Waals surface area contributed by atoms with Gasteiger partial charge in [0.05, 0.1) is 10.6 Å². The minimum absolute atomic E-state index is 0.357. The fourth-order valence-electron chi connectivity index (χ4n) is 1.71. The zero-order valence-corrected chi connectivity index (χ0v) is 11.7. The molecule has 0 amide bonds. The number of hydrogen-bond acceptors (Lipinski definition) is 4. The van der Waals surface area contributed by atoms with Gasteiger partial charge in [0.2, 0.25) is 0 Å². The highest BCUT2D eigenvalue weighted by Gasteiger charge is 2.11. The SMILES string of the molecule is CS(=O)(=O)c1ccccc1NCCc1ccsc1. The van der Waals surface area contributed by atoms with Gasteiger partial charge in [-0.2, -0.15) is 11.3 Å². The molecule has 96 valence electrons. The maximum Gasteiger partial charge on any atom is 0.177 e. The van der Waals surface area contributed by atoms with Crippen molar-refractivity contribution in [2.24, 2.45) is 0 Å². The summed E-state index contributed by atoms with van der Waals surface area (Å²) in [5.41, 5.74) is 1.94. The van der Waals surface area contributed by atoms with Crippen LogP contribution in [0.5, 0.6) is 0 Å². The summed E-state index contributed by atoms with van der Waals surface area (Å²) in [6.45, 7) is 0.725. The minimum atomic E-state index is -3.18. The molecule has 18 heavy (non-hydrogen) atoms. The van der Waals surface area contributed by atoms with Crippen molar-refractivity contribution in [3.05, 3.63) is 46.7 Å². The molecule has 0 radical (unpaired) electrons. The van der Waals surface area contributed by atoms with Crippen molar-refractivity contribution in [3.8, 4) is 0 Å². The van der Waals surface area contributed by atoms with Gasteiger partial charge in [0.25, 0.3) is 0 Å². The average Bonchev–Trinajstić information content (AvgIpc) is 2.81. The van der Waals surface area contributed by atoms with E-state index in [1.165, 1.54) is 11.8 Å². The summed E-state index contributed by atoms with van der Waals surface area (Å²) < 4.78 is 23.2. The summed E-state index contributed by atoms with van der Waals surface area (Å²) in [6, 6.07) is 9.07. The highest BCUT2D eigenvalue weighted by Crippen LogP contribution is 2.20. The molecular weight excluding hydrogens is 266 g/mol. The second-order valence-electron chi connectivity index (χ2n) is 4.08. The molecule has 0 atom stereocenters. The van der Waals surface area contributed by atoms with Crippen LogP contribution in [0.4, 0.5) is 5.69 Å². The van der Waals surface area contributed by atoms with E-state index in [0.717, 1.165) is 13.0 Å². The number of benzene rings is 1. The van der Waals surface area contributed by atoms with Crippen molar-refractivity contribution in [3.63, 3.8) is 0 Å². The lowest BCUT2D eigenvalue weighted by Gasteiger charge is -2.10. The first-order valence-electron chi connectivity index (χ1n) is 5.61. The Labute approximate surface area is 111 Å². The molecule has 1 N–H and O–H groups in total. The Morgan fingerprint density at radius 1 is 1.22 bits per heavy atom. The zero-order chi connectivity index (χ0) is 13.0. The molecule has 1 aromatic carbocycles. The second-order valence-corrected chi connectivity index (χ2v) is 6.84. The summed E-state index contributed by atoms with van der Waals surface area (Å²) >= 11 is 1.67. The number of thiophene rings is 1. The lowest BCUT2D eigenvalue weighted by atomic mass is 10.2. The van der Waals surface area contributed by atoms with Gasteiger partial charge in [-0.25, -0.2) is 8.42 Å². The van der Waals surface area contributed by atoms with Crippen LogP contribution >= 0.6 is 11.3 Å². The molecule has 0 aliphatic heterocycles. The molecule has 0 bridgehead atoms. The van der Waals surface area contributed by atoms with Gasteiger partial charge >= 0.3 is 0 Å². The van der Waals surface area contributed by atoms with Crippen molar-refractivity contribution >= 4 is 26.9 Å². The number of hydrogen-bond donors (Lipinski definition) is 1. The van der Waals surface area contributed by atoms with E-state index in [0.29, 0.717) is 10.6 Å². The van der Waals surface area contributed by atoms with Crippen molar-refractivity contribution in [1.29, 1.82) is 0 Å². The van der Waals surface area contributed by atoms with Crippen LogP contribution in [0.15, 0.2) is 46.0 Å². The molecule has 5 heteroatoms. The Hall–Kier alpha value is -1.33. The van der Waals surface area contributed by atoms with Crippen LogP contribution in [0.2, 0.25) is 0 Å². The summed E-state index contributed by atoms with van der Waals surface area (Å²) in [5.74, 6) is 0. The Morgan fingerprint density at radius 3 is 2.67 bits per heavy atom. The molecule has 0 unspecified atom stereocenters. The fourth-order valence-corrected chi connectivity index (χ4v) is 3.28. The molecule has 0 aliphatic carbocycles. The van der Waals surface area contributed by atoms with Gasteiger partial charge in [-0.05, 0) is 40.9 Å². The van der Waals surface area contributed by atoms with Crippen LogP contribution in [0.25, 0.3) is 0 Å². The van der Waals surface area contributed by atoms with Gasteiger partial charge in [-0.1, -0.05) is 12.1 Å². The van der Waals surface area contributed by atoms with E-state index in [4.69, 9.17) is 0 Å². The Bertz CT molecular complexity index is 604. The fraction of sp³-hybridized carbons (Fsp3) is 0.231. The highest BCUT2D eigenvalue weighted by atomic mass is 32.2. The number of nitrogens with one attached hydrogen (secondary N) is 1. The number of anilines is 1. The van der Waals surface area contributed by atoms with Gasteiger partial charge in [-0.3, -0.25) is 0 Å². The van der Waals surface area contributed by atoms with E-state index in [1.54, 1.807) is 29.5 Å². The van der Waals surface area contributed by atoms with E-state index in [-0.39, 0.29) is 0 Å². The Balaban J connectivity index is 2.06. The third-order valence-electron chi connectivity index (χ3n) is 2.60. The van der Waals surface area contributed by atoms with Crippen molar-refractivity contribution in [2.75, 3.05) is 18.1 Å². The summed E-state index contributed by atoms with van der Waals surface area (Å²) in [7, 11) is -3.18. The second kappa shape index (κ2) is 5.54. The largest absolute Gasteiger partial charge is 0.384 e. The first kappa shape index (κ1) is 13.1. The van der Waals surface area contributed by atoms with Crippen LogP contribution in [-0.4, -0.2) is 21.2 Å². The predicted octanol–water partition coefficient (Wildman–Crippen LogP) is 2.81. The van der Waals surface area contributed by atoms with Crippen molar-refractivity contribution in [2.45, 2.75) is 11.3 Å². The Kier molecular flexibility index (Phi) is 4.04. The maximum atomic E-state index is 11.6. The number of para-hydroxylation sites is 1. The maximum absolute atomic E-state index is 11.6. The zero-order valence-electron chi connectivity index (χ0n) is 10.1. The van der Waals surface area contributed by atoms with E-state index in [2.05, 4.69) is 16.8 Å². The molecule has 0 fully saturated rings. The van der Waals surface area contributed by atoms with E-state index in [9.17, 15) is 8.42 Å². The van der Waals surface area contributed by atoms with E-state index >= 15 is 0 Å². The van der Waals surface area contributed by atoms with Gasteiger partial charge in [-0.15, -0.1) is 0 Å². The van der Waals surface area contributed by atoms with Gasteiger partial charge in [0, 0.05) is 12.8 Å². The van der Waals surface area contributed by atoms with Gasteiger partial charge in [0.15, 0.2) is 9.84 Å². The normalized spacial score (nSPS) is 11.4. The molecule has 2 aromatic rings. The molecular formula is C13H15NO2S2. The van der Waals surface area contributed by atoms with Crippen LogP contribution < -0.4 is 5.32 Å². The summed E-state index contributed by atoms with van der Waals surface area (Å²) in [6.07, 6.45) is 2.12. The average molecular weight is 281 g/mol. The third-order valence-corrected chi connectivity index (χ3v) is 4.48. The summed E-state index contributed by atoms with van der Waals surface area (Å²) in [5, 5.41) is 7.33. The molecule has 2 rings (SSSR count). The van der Waals surface area contributed by atoms with E-state index in [1.807, 2.05) is 11.4 Å². The first-order valence-corrected chi connectivity index (χ1v) is 8.45. The molecule has 0 saturated heterocycles. The Morgan fingerprint density at radius 2 is 2.00 bits per heavy atom. The number of rotatable bonds is 5. The smallest absolute Gasteiger partial charge is 0.177 e. The quantitative estimate of drug-likeness (QED) is 0.916. The highest BCUT2D eigenvalue weighted by molar-refractivity contribution is 7.90. The molecule has 0 aliphatic rings. The predicted molar refractivity (Wildman–Crippen MR) is 76.1 cm³/mol. The van der Waals surface area contributed by atoms with Crippen LogP contribution in [0.3, 0.4) is 0 Å². The molecule has 0 spiro atoms. The molecule has 1 heterocycles. The topological polar surface area (TPSA) is 46.2 Å². The minimum Gasteiger partial charge on any atom is -0.384 e. The standard InChI is InChI=1S/C13H15NO2S2/c1-18(15,16)13-5-3-2-4-12(13)14-8-6-11-7-9-17-10-11/h2-5,7,9-10,14H,6,8H2,1H3. The lowest BCUT2D eigenvalue weighted by molar-refractivity contribution is 0.602. The van der Waals surface area contributed by atoms with E-state index < -0.39 is 9.84 Å². The molecule has 0 saturated carbocycles. The van der Waals surface area contributed by atoms with Gasteiger partial charge < -0.3 is 5.32 Å². The molecule has 1 aromatic heterocycles.